The summed E-state index contributed by atoms with van der Waals surface area (Å²) >= 11 is 0. The molecule has 1 N–H and O–H groups in total. The van der Waals surface area contributed by atoms with E-state index in [0.29, 0.717) is 31.8 Å². The van der Waals surface area contributed by atoms with Crippen LogP contribution in [0.25, 0.3) is 0 Å². The smallest absolute Gasteiger partial charge is 0.410 e. The number of ether oxygens (including phenoxy) is 2. The summed E-state index contributed by atoms with van der Waals surface area (Å²) in [7, 11) is 0. The molecule has 0 saturated carbocycles. The van der Waals surface area contributed by atoms with Crippen molar-refractivity contribution in [3.05, 3.63) is 24.0 Å². The molecule has 2 rings (SSSR count). The van der Waals surface area contributed by atoms with Crippen LogP contribution in [0.5, 0.6) is 5.75 Å². The van der Waals surface area contributed by atoms with E-state index in [1.165, 1.54) is 0 Å². The van der Waals surface area contributed by atoms with Gasteiger partial charge in [0.15, 0.2) is 0 Å². The number of hydrogen-bond donors (Lipinski definition) is 1. The Balaban J connectivity index is 1.94. The summed E-state index contributed by atoms with van der Waals surface area (Å²) < 4.78 is 11.4. The zero-order valence-corrected chi connectivity index (χ0v) is 15.7. The summed E-state index contributed by atoms with van der Waals surface area (Å²) in [5, 5.41) is 2.71. The Kier molecular flexibility index (Phi) is 6.45. The molecule has 0 spiro atoms. The average Bonchev–Trinajstić information content (AvgIpc) is 3.01. The highest BCUT2D eigenvalue weighted by Gasteiger charge is 2.31. The number of carbonyl (C=O) groups excluding carboxylic acids is 2. The number of rotatable bonds is 4. The minimum Gasteiger partial charge on any atom is -0.487 e. The molecular weight excluding hydrogens is 334 g/mol. The van der Waals surface area contributed by atoms with Gasteiger partial charge in [-0.15, -0.1) is 0 Å². The first-order valence-electron chi connectivity index (χ1n) is 8.56. The predicted molar refractivity (Wildman–Crippen MR) is 96.4 cm³/mol. The summed E-state index contributed by atoms with van der Waals surface area (Å²) in [5.74, 6) is 5.23. The quantitative estimate of drug-likeness (QED) is 0.833. The maximum atomic E-state index is 12.1. The van der Waals surface area contributed by atoms with Gasteiger partial charge in [0.2, 0.25) is 0 Å². The zero-order chi connectivity index (χ0) is 19.2. The number of aromatic nitrogens is 1. The first-order chi connectivity index (χ1) is 12.3. The molecule has 1 atom stereocenters. The Morgan fingerprint density at radius 2 is 2.19 bits per heavy atom. The molecule has 1 saturated heterocycles. The van der Waals surface area contributed by atoms with Crippen molar-refractivity contribution in [2.75, 3.05) is 13.1 Å². The Morgan fingerprint density at radius 3 is 2.88 bits per heavy atom. The molecule has 7 heteroatoms. The van der Waals surface area contributed by atoms with E-state index in [9.17, 15) is 9.59 Å². The monoisotopic (exact) mass is 359 g/mol. The number of carbonyl (C=O) groups is 2. The van der Waals surface area contributed by atoms with Gasteiger partial charge in [-0.05, 0) is 39.7 Å². The van der Waals surface area contributed by atoms with E-state index < -0.39 is 5.60 Å². The van der Waals surface area contributed by atoms with Crippen molar-refractivity contribution in [2.24, 2.45) is 0 Å². The molecule has 0 radical (unpaired) electrons. The van der Waals surface area contributed by atoms with E-state index >= 15 is 0 Å². The van der Waals surface area contributed by atoms with Gasteiger partial charge >= 0.3 is 6.09 Å². The lowest BCUT2D eigenvalue weighted by molar-refractivity contribution is -0.115. The van der Waals surface area contributed by atoms with Crippen molar-refractivity contribution < 1.29 is 19.1 Å². The number of nitrogens with one attached hydrogen (secondary N) is 1. The van der Waals surface area contributed by atoms with E-state index in [-0.39, 0.29) is 18.1 Å². The number of hydrogen-bond acceptors (Lipinski definition) is 5. The van der Waals surface area contributed by atoms with Crippen LogP contribution >= 0.6 is 0 Å². The Bertz CT molecular complexity index is 715. The van der Waals surface area contributed by atoms with Crippen LogP contribution in [0.3, 0.4) is 0 Å². The second-order valence-corrected chi connectivity index (χ2v) is 7.00. The van der Waals surface area contributed by atoms with Gasteiger partial charge in [0.05, 0.1) is 12.7 Å². The van der Waals surface area contributed by atoms with Gasteiger partial charge in [-0.2, -0.15) is 0 Å². The largest absolute Gasteiger partial charge is 0.487 e. The summed E-state index contributed by atoms with van der Waals surface area (Å²) in [6, 6.07) is 1.79. The lowest BCUT2D eigenvalue weighted by atomic mass is 10.2. The van der Waals surface area contributed by atoms with Crippen molar-refractivity contribution in [1.82, 2.24) is 15.2 Å². The van der Waals surface area contributed by atoms with E-state index in [1.807, 2.05) is 20.8 Å². The summed E-state index contributed by atoms with van der Waals surface area (Å²) in [6.07, 6.45) is 3.49. The highest BCUT2D eigenvalue weighted by Crippen LogP contribution is 2.23. The molecule has 0 aromatic carbocycles. The fourth-order valence-corrected chi connectivity index (χ4v) is 2.49. The Hall–Kier alpha value is -2.75. The van der Waals surface area contributed by atoms with E-state index in [4.69, 9.17) is 9.47 Å². The molecule has 1 aliphatic heterocycles. The van der Waals surface area contributed by atoms with Crippen molar-refractivity contribution in [3.8, 4) is 17.6 Å². The number of nitrogens with zero attached hydrogens (tertiary/aromatic N) is 2. The van der Waals surface area contributed by atoms with Gasteiger partial charge in [-0.1, -0.05) is 5.92 Å². The molecule has 1 fully saturated rings. The van der Waals surface area contributed by atoms with Gasteiger partial charge < -0.3 is 19.7 Å². The van der Waals surface area contributed by atoms with Gasteiger partial charge in [-0.3, -0.25) is 9.78 Å². The number of pyridine rings is 1. The Morgan fingerprint density at radius 1 is 1.42 bits per heavy atom. The van der Waals surface area contributed by atoms with Crippen molar-refractivity contribution in [2.45, 2.75) is 52.4 Å². The molecule has 140 valence electrons. The highest BCUT2D eigenvalue weighted by molar-refractivity contribution is 5.93. The van der Waals surface area contributed by atoms with Gasteiger partial charge in [0.25, 0.3) is 5.91 Å². The third kappa shape index (κ3) is 5.96. The van der Waals surface area contributed by atoms with E-state index in [2.05, 4.69) is 22.1 Å². The second kappa shape index (κ2) is 8.56. The average molecular weight is 359 g/mol. The molecular formula is C19H25N3O4. The standard InChI is InChI=1S/C19H25N3O4/c1-5-6-17(23)21-11-14-7-9-20-12-16(14)25-15-8-10-22(13-15)18(24)26-19(2,3)4/h7,9,12,15H,8,10-11,13H2,1-4H3,(H,21,23)/t15-/m0/s1. The molecule has 0 aliphatic carbocycles. The van der Waals surface area contributed by atoms with E-state index in [0.717, 1.165) is 5.56 Å². The van der Waals surface area contributed by atoms with Crippen LogP contribution in [0.1, 0.15) is 39.7 Å². The fourth-order valence-electron chi connectivity index (χ4n) is 2.49. The lowest BCUT2D eigenvalue weighted by Crippen LogP contribution is -2.36. The first-order valence-corrected chi connectivity index (χ1v) is 8.56. The fraction of sp³-hybridized carbons (Fsp3) is 0.526. The van der Waals surface area contributed by atoms with Gasteiger partial charge in [-0.25, -0.2) is 4.79 Å². The maximum absolute atomic E-state index is 12.1. The molecule has 0 bridgehead atoms. The third-order valence-corrected chi connectivity index (χ3v) is 3.64. The van der Waals surface area contributed by atoms with Crippen molar-refractivity contribution in [1.29, 1.82) is 0 Å². The summed E-state index contributed by atoms with van der Waals surface area (Å²) in [5.41, 5.74) is 0.286. The maximum Gasteiger partial charge on any atom is 0.410 e. The molecule has 0 unspecified atom stereocenters. The van der Waals surface area contributed by atoms with Gasteiger partial charge in [0, 0.05) is 31.3 Å². The molecule has 1 aromatic rings. The van der Waals surface area contributed by atoms with Crippen LogP contribution in [-0.2, 0) is 16.1 Å². The van der Waals surface area contributed by atoms with Crippen LogP contribution < -0.4 is 10.1 Å². The van der Waals surface area contributed by atoms with Crippen LogP contribution in [-0.4, -0.2) is 46.7 Å². The minimum atomic E-state index is -0.522. The summed E-state index contributed by atoms with van der Waals surface area (Å²) in [6.45, 7) is 8.47. The van der Waals surface area contributed by atoms with Crippen molar-refractivity contribution in [3.63, 3.8) is 0 Å². The van der Waals surface area contributed by atoms with Crippen molar-refractivity contribution >= 4 is 12.0 Å². The van der Waals surface area contributed by atoms with Crippen LogP contribution in [0.2, 0.25) is 0 Å². The number of amides is 2. The summed E-state index contributed by atoms with van der Waals surface area (Å²) in [4.78, 5) is 29.4. The van der Waals surface area contributed by atoms with Gasteiger partial charge in [0.1, 0.15) is 17.5 Å². The third-order valence-electron chi connectivity index (χ3n) is 3.64. The van der Waals surface area contributed by atoms with E-state index in [1.54, 1.807) is 30.3 Å². The molecule has 1 aromatic heterocycles. The minimum absolute atomic E-state index is 0.142. The molecule has 26 heavy (non-hydrogen) atoms. The molecule has 2 amide bonds. The molecule has 7 nitrogen and oxygen atoms in total. The molecule has 1 aliphatic rings. The second-order valence-electron chi connectivity index (χ2n) is 7.00. The number of likely N-dealkylation sites (tertiary alicyclic amines) is 1. The topological polar surface area (TPSA) is 80.8 Å². The van der Waals surface area contributed by atoms with Crippen LogP contribution in [0.4, 0.5) is 4.79 Å². The van der Waals surface area contributed by atoms with Crippen LogP contribution in [0.15, 0.2) is 18.5 Å². The normalized spacial score (nSPS) is 16.5. The SMILES string of the molecule is CC#CC(=O)NCc1ccncc1O[C@H]1CCN(C(=O)OC(C)(C)C)C1. The first kappa shape index (κ1) is 19.6. The lowest BCUT2D eigenvalue weighted by Gasteiger charge is -2.24. The Labute approximate surface area is 154 Å². The predicted octanol–water partition coefficient (Wildman–Crippen LogP) is 2.11. The molecule has 2 heterocycles. The zero-order valence-electron chi connectivity index (χ0n) is 15.7. The van der Waals surface area contributed by atoms with Crippen LogP contribution in [0, 0.1) is 11.8 Å². The highest BCUT2D eigenvalue weighted by atomic mass is 16.6.